The number of methoxy groups -OCH3 is 1. The van der Waals surface area contributed by atoms with E-state index >= 15 is 0 Å². The summed E-state index contributed by atoms with van der Waals surface area (Å²) in [5.41, 5.74) is 2.52. The Kier molecular flexibility index (Phi) is 4.72. The highest BCUT2D eigenvalue weighted by atomic mass is 35.5. The Labute approximate surface area is 151 Å². The Morgan fingerprint density at radius 3 is 2.48 bits per heavy atom. The largest absolute Gasteiger partial charge is 0.465 e. The average Bonchev–Trinajstić information content (AvgIpc) is 2.85. The molecule has 0 bridgehead atoms. The number of hydrogen-bond acceptors (Lipinski definition) is 3. The van der Waals surface area contributed by atoms with Crippen LogP contribution in [0.25, 0.3) is 6.08 Å². The summed E-state index contributed by atoms with van der Waals surface area (Å²) in [6.45, 7) is 1.73. The van der Waals surface area contributed by atoms with Gasteiger partial charge in [-0.25, -0.2) is 4.79 Å². The molecule has 0 spiro atoms. The average molecular weight is 354 g/mol. The number of nitrogens with zero attached hydrogens (tertiary/aromatic N) is 1. The molecule has 126 valence electrons. The summed E-state index contributed by atoms with van der Waals surface area (Å²) in [5, 5.41) is 0.556. The first-order valence-electron chi connectivity index (χ1n) is 7.69. The molecule has 0 unspecified atom stereocenters. The van der Waals surface area contributed by atoms with Crippen LogP contribution >= 0.6 is 11.6 Å². The highest BCUT2D eigenvalue weighted by Crippen LogP contribution is 2.35. The maximum Gasteiger partial charge on any atom is 0.340 e. The van der Waals surface area contributed by atoms with Gasteiger partial charge >= 0.3 is 5.97 Å². The van der Waals surface area contributed by atoms with Crippen LogP contribution in [0, 0.1) is 0 Å². The number of allylic oxidation sites excluding steroid dienone is 1. The molecular formula is C20H16ClNO3. The van der Waals surface area contributed by atoms with Gasteiger partial charge in [0.05, 0.1) is 18.3 Å². The molecule has 1 heterocycles. The van der Waals surface area contributed by atoms with Crippen LogP contribution in [0.15, 0.2) is 71.4 Å². The third-order valence-electron chi connectivity index (χ3n) is 3.96. The van der Waals surface area contributed by atoms with E-state index in [1.807, 2.05) is 36.4 Å². The van der Waals surface area contributed by atoms with Crippen molar-refractivity contribution in [2.24, 2.45) is 0 Å². The fourth-order valence-electron chi connectivity index (χ4n) is 2.83. The molecule has 0 radical (unpaired) electrons. The van der Waals surface area contributed by atoms with Crippen LogP contribution in [-0.4, -0.2) is 19.0 Å². The number of anilines is 1. The second-order valence-corrected chi connectivity index (χ2v) is 5.98. The number of benzene rings is 2. The van der Waals surface area contributed by atoms with Crippen molar-refractivity contribution in [1.82, 2.24) is 0 Å². The zero-order valence-corrected chi connectivity index (χ0v) is 14.6. The Morgan fingerprint density at radius 1 is 1.12 bits per heavy atom. The SMILES string of the molecule is COC(=O)C1=C(C)N(c2ccccc2)C(=O)/C1=C\c1cccc(Cl)c1. The number of amides is 1. The molecular weight excluding hydrogens is 338 g/mol. The number of esters is 1. The molecule has 25 heavy (non-hydrogen) atoms. The molecule has 0 aliphatic carbocycles. The van der Waals surface area contributed by atoms with Crippen LogP contribution in [0.2, 0.25) is 5.02 Å². The van der Waals surface area contributed by atoms with Crippen LogP contribution in [0.5, 0.6) is 0 Å². The third-order valence-corrected chi connectivity index (χ3v) is 4.20. The number of hydrogen-bond donors (Lipinski definition) is 0. The minimum atomic E-state index is -0.544. The van der Waals surface area contributed by atoms with E-state index in [9.17, 15) is 9.59 Å². The fraction of sp³-hybridized carbons (Fsp3) is 0.100. The number of rotatable bonds is 3. The van der Waals surface area contributed by atoms with Crippen LogP contribution in [0.4, 0.5) is 5.69 Å². The number of halogens is 1. The van der Waals surface area contributed by atoms with Gasteiger partial charge in [0.2, 0.25) is 0 Å². The molecule has 0 fully saturated rings. The number of para-hydroxylation sites is 1. The lowest BCUT2D eigenvalue weighted by Crippen LogP contribution is -2.24. The van der Waals surface area contributed by atoms with Crippen molar-refractivity contribution in [2.75, 3.05) is 12.0 Å². The molecule has 0 atom stereocenters. The van der Waals surface area contributed by atoms with Crippen molar-refractivity contribution in [3.63, 3.8) is 0 Å². The van der Waals surface area contributed by atoms with E-state index in [-0.39, 0.29) is 17.1 Å². The van der Waals surface area contributed by atoms with Crippen molar-refractivity contribution >= 4 is 35.2 Å². The summed E-state index contributed by atoms with van der Waals surface area (Å²) in [5.74, 6) is -0.818. The smallest absolute Gasteiger partial charge is 0.340 e. The van der Waals surface area contributed by atoms with Crippen LogP contribution in [-0.2, 0) is 14.3 Å². The van der Waals surface area contributed by atoms with E-state index in [2.05, 4.69) is 0 Å². The Bertz CT molecular complexity index is 900. The molecule has 2 aromatic rings. The van der Waals surface area contributed by atoms with Gasteiger partial charge < -0.3 is 4.74 Å². The van der Waals surface area contributed by atoms with E-state index < -0.39 is 5.97 Å². The van der Waals surface area contributed by atoms with Gasteiger partial charge in [-0.15, -0.1) is 0 Å². The first-order chi connectivity index (χ1) is 12.0. The van der Waals surface area contributed by atoms with Gasteiger partial charge in [0.1, 0.15) is 0 Å². The number of carbonyl (C=O) groups is 2. The highest BCUT2D eigenvalue weighted by Gasteiger charge is 2.37. The maximum atomic E-state index is 13.0. The fourth-order valence-corrected chi connectivity index (χ4v) is 3.03. The third kappa shape index (κ3) is 3.21. The molecule has 0 N–H and O–H groups in total. The summed E-state index contributed by atoms with van der Waals surface area (Å²) in [6.07, 6.45) is 1.66. The number of carbonyl (C=O) groups excluding carboxylic acids is 2. The summed E-state index contributed by atoms with van der Waals surface area (Å²) in [4.78, 5) is 26.8. The Hall–Kier alpha value is -2.85. The van der Waals surface area contributed by atoms with Gasteiger partial charge in [-0.3, -0.25) is 9.69 Å². The quantitative estimate of drug-likeness (QED) is 0.613. The second-order valence-electron chi connectivity index (χ2n) is 5.54. The summed E-state index contributed by atoms with van der Waals surface area (Å²) in [7, 11) is 1.30. The molecule has 3 rings (SSSR count). The standard InChI is InChI=1S/C20H16ClNO3/c1-13-18(20(24)25-2)17(12-14-7-6-8-15(21)11-14)19(23)22(13)16-9-4-3-5-10-16/h3-12H,1-2H3/b17-12-. The predicted octanol–water partition coefficient (Wildman–Crippen LogP) is 4.22. The summed E-state index contributed by atoms with van der Waals surface area (Å²) in [6, 6.07) is 16.3. The van der Waals surface area contributed by atoms with Crippen LogP contribution < -0.4 is 4.90 Å². The van der Waals surface area contributed by atoms with Gasteiger partial charge in [-0.1, -0.05) is 41.9 Å². The van der Waals surface area contributed by atoms with Crippen molar-refractivity contribution in [3.8, 4) is 0 Å². The second kappa shape index (κ2) is 6.95. The Balaban J connectivity index is 2.14. The van der Waals surface area contributed by atoms with Crippen molar-refractivity contribution in [1.29, 1.82) is 0 Å². The van der Waals surface area contributed by atoms with Gasteiger partial charge in [0.15, 0.2) is 0 Å². The Morgan fingerprint density at radius 2 is 1.84 bits per heavy atom. The van der Waals surface area contributed by atoms with Gasteiger partial charge in [-0.05, 0) is 42.8 Å². The van der Waals surface area contributed by atoms with E-state index in [4.69, 9.17) is 16.3 Å². The van der Waals surface area contributed by atoms with E-state index in [1.54, 1.807) is 31.2 Å². The van der Waals surface area contributed by atoms with E-state index in [0.717, 1.165) is 5.56 Å². The number of ether oxygens (including phenoxy) is 1. The lowest BCUT2D eigenvalue weighted by Gasteiger charge is -2.17. The van der Waals surface area contributed by atoms with E-state index in [0.29, 0.717) is 16.4 Å². The lowest BCUT2D eigenvalue weighted by atomic mass is 10.0. The molecule has 0 saturated heterocycles. The van der Waals surface area contributed by atoms with Gasteiger partial charge in [0, 0.05) is 16.4 Å². The van der Waals surface area contributed by atoms with E-state index in [1.165, 1.54) is 12.0 Å². The molecule has 1 aliphatic heterocycles. The minimum Gasteiger partial charge on any atom is -0.465 e. The lowest BCUT2D eigenvalue weighted by molar-refractivity contribution is -0.136. The summed E-state index contributed by atoms with van der Waals surface area (Å²) >= 11 is 6.02. The monoisotopic (exact) mass is 353 g/mol. The minimum absolute atomic E-state index is 0.260. The molecule has 2 aromatic carbocycles. The van der Waals surface area contributed by atoms with Crippen molar-refractivity contribution in [2.45, 2.75) is 6.92 Å². The molecule has 0 aromatic heterocycles. The predicted molar refractivity (Wildman–Crippen MR) is 98.1 cm³/mol. The first kappa shape index (κ1) is 17.0. The molecule has 4 nitrogen and oxygen atoms in total. The topological polar surface area (TPSA) is 46.6 Å². The van der Waals surface area contributed by atoms with Gasteiger partial charge in [-0.2, -0.15) is 0 Å². The molecule has 0 saturated carbocycles. The zero-order valence-electron chi connectivity index (χ0n) is 13.8. The highest BCUT2D eigenvalue weighted by molar-refractivity contribution is 6.30. The molecule has 5 heteroatoms. The normalized spacial score (nSPS) is 15.9. The van der Waals surface area contributed by atoms with Crippen molar-refractivity contribution in [3.05, 3.63) is 82.0 Å². The van der Waals surface area contributed by atoms with Crippen molar-refractivity contribution < 1.29 is 14.3 Å². The molecule has 1 aliphatic rings. The zero-order chi connectivity index (χ0) is 18.0. The van der Waals surface area contributed by atoms with Crippen LogP contribution in [0.3, 0.4) is 0 Å². The first-order valence-corrected chi connectivity index (χ1v) is 8.07. The van der Waals surface area contributed by atoms with Crippen LogP contribution in [0.1, 0.15) is 12.5 Å². The summed E-state index contributed by atoms with van der Waals surface area (Å²) < 4.78 is 4.89. The molecule has 1 amide bonds. The maximum absolute atomic E-state index is 13.0. The van der Waals surface area contributed by atoms with Gasteiger partial charge in [0.25, 0.3) is 5.91 Å².